The fourth-order valence-corrected chi connectivity index (χ4v) is 5.01. The highest BCUT2D eigenvalue weighted by atomic mass is 16.7. The predicted molar refractivity (Wildman–Crippen MR) is 135 cm³/mol. The van der Waals surface area contributed by atoms with Crippen LogP contribution in [0.25, 0.3) is 10.8 Å². The minimum atomic E-state index is -0.447. The van der Waals surface area contributed by atoms with Crippen LogP contribution >= 0.6 is 0 Å². The van der Waals surface area contributed by atoms with Crippen LogP contribution in [0.15, 0.2) is 89.6 Å². The molecule has 0 fully saturated rings. The van der Waals surface area contributed by atoms with Gasteiger partial charge in [0.15, 0.2) is 5.78 Å². The molecule has 0 amide bonds. The molecule has 3 aromatic carbocycles. The summed E-state index contributed by atoms with van der Waals surface area (Å²) in [5.74, 6) is -0.343. The Morgan fingerprint density at radius 2 is 1.82 bits per heavy atom. The van der Waals surface area contributed by atoms with Crippen molar-refractivity contribution in [2.75, 3.05) is 11.4 Å². The van der Waals surface area contributed by atoms with Gasteiger partial charge >= 0.3 is 5.97 Å². The number of ketones is 1. The molecule has 0 spiro atoms. The standard InChI is InChI=1S/C29H26N2O3/c1-4-31-27-14-12-21(18(2)30-34-19(3)32)16-25(27)26-17-22(13-15-28(26)31)29(33)24-11-7-9-20-8-5-6-10-23(20)24/h5-17,25,27H,4H2,1-3H3/b30-18+. The van der Waals surface area contributed by atoms with E-state index in [1.54, 1.807) is 0 Å². The smallest absolute Gasteiger partial charge is 0.331 e. The zero-order chi connectivity index (χ0) is 23.8. The number of hydrogen-bond donors (Lipinski definition) is 0. The van der Waals surface area contributed by atoms with Crippen molar-refractivity contribution in [2.45, 2.75) is 32.7 Å². The summed E-state index contributed by atoms with van der Waals surface area (Å²) < 4.78 is 0. The summed E-state index contributed by atoms with van der Waals surface area (Å²) >= 11 is 0. The van der Waals surface area contributed by atoms with Crippen molar-refractivity contribution in [3.05, 3.63) is 101 Å². The Hall–Kier alpha value is -3.99. The molecule has 0 radical (unpaired) electrons. The van der Waals surface area contributed by atoms with Crippen LogP contribution in [0.2, 0.25) is 0 Å². The van der Waals surface area contributed by atoms with Crippen LogP contribution in [0.1, 0.15) is 48.2 Å². The van der Waals surface area contributed by atoms with Gasteiger partial charge in [-0.2, -0.15) is 0 Å². The first-order valence-electron chi connectivity index (χ1n) is 11.5. The Morgan fingerprint density at radius 3 is 2.62 bits per heavy atom. The van der Waals surface area contributed by atoms with Crippen molar-refractivity contribution < 1.29 is 14.4 Å². The quantitative estimate of drug-likeness (QED) is 0.213. The van der Waals surface area contributed by atoms with E-state index >= 15 is 0 Å². The van der Waals surface area contributed by atoms with Gasteiger partial charge in [0, 0.05) is 36.2 Å². The molecule has 3 aromatic rings. The number of fused-ring (bicyclic) bond motifs is 4. The fraction of sp³-hybridized carbons (Fsp3) is 0.207. The van der Waals surface area contributed by atoms with Crippen molar-refractivity contribution in [3.8, 4) is 0 Å². The second-order valence-electron chi connectivity index (χ2n) is 8.67. The first-order valence-corrected chi connectivity index (χ1v) is 11.5. The fourth-order valence-electron chi connectivity index (χ4n) is 5.01. The van der Waals surface area contributed by atoms with Crippen molar-refractivity contribution in [1.82, 2.24) is 0 Å². The Kier molecular flexibility index (Phi) is 5.62. The molecule has 2 unspecified atom stereocenters. The van der Waals surface area contributed by atoms with E-state index in [4.69, 9.17) is 4.84 Å². The lowest BCUT2D eigenvalue weighted by Gasteiger charge is -2.28. The first kappa shape index (κ1) is 21.8. The van der Waals surface area contributed by atoms with E-state index in [9.17, 15) is 9.59 Å². The Morgan fingerprint density at radius 1 is 1.03 bits per heavy atom. The minimum absolute atomic E-state index is 0.0225. The maximum atomic E-state index is 13.6. The molecular weight excluding hydrogens is 424 g/mol. The van der Waals surface area contributed by atoms with Gasteiger partial charge in [-0.3, -0.25) is 4.79 Å². The van der Waals surface area contributed by atoms with Crippen molar-refractivity contribution in [1.29, 1.82) is 0 Å². The third kappa shape index (κ3) is 3.73. The molecule has 0 saturated carbocycles. The molecule has 5 heteroatoms. The van der Waals surface area contributed by atoms with E-state index in [-0.39, 0.29) is 17.7 Å². The molecule has 34 heavy (non-hydrogen) atoms. The highest BCUT2D eigenvalue weighted by Gasteiger charge is 2.37. The van der Waals surface area contributed by atoms with Gasteiger partial charge < -0.3 is 9.74 Å². The van der Waals surface area contributed by atoms with Gasteiger partial charge in [-0.15, -0.1) is 0 Å². The monoisotopic (exact) mass is 450 g/mol. The molecule has 170 valence electrons. The molecule has 2 aliphatic rings. The zero-order valence-corrected chi connectivity index (χ0v) is 19.5. The number of anilines is 1. The molecule has 0 aromatic heterocycles. The van der Waals surface area contributed by atoms with Crippen LogP contribution in [0.3, 0.4) is 0 Å². The van der Waals surface area contributed by atoms with Gasteiger partial charge in [0.25, 0.3) is 0 Å². The second kappa shape index (κ2) is 8.75. The van der Waals surface area contributed by atoms with E-state index in [2.05, 4.69) is 35.2 Å². The number of rotatable bonds is 5. The number of carbonyl (C=O) groups excluding carboxylic acids is 2. The summed E-state index contributed by atoms with van der Waals surface area (Å²) in [5.41, 5.74) is 5.22. The van der Waals surface area contributed by atoms with E-state index in [0.29, 0.717) is 16.8 Å². The summed E-state index contributed by atoms with van der Waals surface area (Å²) in [4.78, 5) is 31.9. The number of allylic oxidation sites excluding steroid dienone is 2. The maximum Gasteiger partial charge on any atom is 0.331 e. The van der Waals surface area contributed by atoms with E-state index in [0.717, 1.165) is 34.1 Å². The van der Waals surface area contributed by atoms with E-state index in [1.807, 2.05) is 67.6 Å². The van der Waals surface area contributed by atoms with Gasteiger partial charge in [-0.25, -0.2) is 4.79 Å². The van der Waals surface area contributed by atoms with Crippen LogP contribution in [-0.2, 0) is 9.63 Å². The van der Waals surface area contributed by atoms with E-state index in [1.165, 1.54) is 6.92 Å². The Labute approximate surface area is 199 Å². The average molecular weight is 451 g/mol. The SMILES string of the molecule is CCN1c2ccc(C(=O)c3cccc4ccccc34)cc2C2C=C(/C(C)=N/OC(C)=O)C=CC21. The topological polar surface area (TPSA) is 59.0 Å². The zero-order valence-electron chi connectivity index (χ0n) is 19.5. The number of nitrogens with zero attached hydrogens (tertiary/aromatic N) is 2. The van der Waals surface area contributed by atoms with Gasteiger partial charge in [0.05, 0.1) is 11.8 Å². The minimum Gasteiger partial charge on any atom is -0.364 e. The molecule has 1 aliphatic carbocycles. The van der Waals surface area contributed by atoms with Crippen molar-refractivity contribution in [2.24, 2.45) is 5.16 Å². The molecule has 1 aliphatic heterocycles. The second-order valence-corrected chi connectivity index (χ2v) is 8.67. The van der Waals surface area contributed by atoms with Crippen molar-refractivity contribution >= 4 is 33.9 Å². The summed E-state index contributed by atoms with van der Waals surface area (Å²) in [6, 6.07) is 20.0. The average Bonchev–Trinajstić information content (AvgIpc) is 3.18. The van der Waals surface area contributed by atoms with Crippen LogP contribution < -0.4 is 4.90 Å². The number of likely N-dealkylation sites (N-methyl/N-ethyl adjacent to an activating group) is 1. The normalized spacial score (nSPS) is 19.0. The predicted octanol–water partition coefficient (Wildman–Crippen LogP) is 5.80. The highest BCUT2D eigenvalue weighted by Crippen LogP contribution is 2.45. The summed E-state index contributed by atoms with van der Waals surface area (Å²) in [7, 11) is 0. The summed E-state index contributed by atoms with van der Waals surface area (Å²) in [5, 5.41) is 5.97. The molecule has 0 bridgehead atoms. The number of hydrogen-bond acceptors (Lipinski definition) is 5. The number of carbonyl (C=O) groups is 2. The Bertz CT molecular complexity index is 1390. The molecule has 5 nitrogen and oxygen atoms in total. The highest BCUT2D eigenvalue weighted by molar-refractivity contribution is 6.16. The first-order chi connectivity index (χ1) is 16.5. The summed E-state index contributed by atoms with van der Waals surface area (Å²) in [6.45, 7) is 6.16. The lowest BCUT2D eigenvalue weighted by Crippen LogP contribution is -2.33. The Balaban J connectivity index is 1.55. The van der Waals surface area contributed by atoms with Crippen LogP contribution in [0.5, 0.6) is 0 Å². The van der Waals surface area contributed by atoms with Crippen molar-refractivity contribution in [3.63, 3.8) is 0 Å². The molecule has 0 saturated heterocycles. The van der Waals surface area contributed by atoms with Gasteiger partial charge in [-0.1, -0.05) is 65.8 Å². The largest absolute Gasteiger partial charge is 0.364 e. The summed E-state index contributed by atoms with van der Waals surface area (Å²) in [6.07, 6.45) is 6.36. The maximum absolute atomic E-state index is 13.6. The third-order valence-corrected chi connectivity index (χ3v) is 6.62. The van der Waals surface area contributed by atoms with Crippen LogP contribution in [0.4, 0.5) is 5.69 Å². The molecular formula is C29H26N2O3. The lowest BCUT2D eigenvalue weighted by molar-refractivity contribution is -0.140. The molecule has 5 rings (SSSR count). The number of oxime groups is 1. The van der Waals surface area contributed by atoms with E-state index < -0.39 is 5.97 Å². The molecule has 2 atom stereocenters. The van der Waals surface area contributed by atoms with Gasteiger partial charge in [0.1, 0.15) is 0 Å². The van der Waals surface area contributed by atoms with Crippen LogP contribution in [0, 0.1) is 0 Å². The molecule has 0 N–H and O–H groups in total. The van der Waals surface area contributed by atoms with Gasteiger partial charge in [0.2, 0.25) is 0 Å². The molecule has 1 heterocycles. The third-order valence-electron chi connectivity index (χ3n) is 6.62. The van der Waals surface area contributed by atoms with Crippen LogP contribution in [-0.4, -0.2) is 30.1 Å². The lowest BCUT2D eigenvalue weighted by atomic mass is 9.86. The van der Waals surface area contributed by atoms with Gasteiger partial charge in [-0.05, 0) is 54.0 Å². The number of benzene rings is 3.